The van der Waals surface area contributed by atoms with Crippen LogP contribution in [0.4, 0.5) is 0 Å². The third-order valence-corrected chi connectivity index (χ3v) is 7.01. The Balaban J connectivity index is 1.72. The predicted octanol–water partition coefficient (Wildman–Crippen LogP) is 5.11. The van der Waals surface area contributed by atoms with E-state index in [1.807, 2.05) is 78.9 Å². The van der Waals surface area contributed by atoms with Crippen LogP contribution in [0.25, 0.3) is 0 Å². The maximum absolute atomic E-state index is 12.2. The molecule has 40 heavy (non-hydrogen) atoms. The van der Waals surface area contributed by atoms with Gasteiger partial charge in [0.2, 0.25) is 0 Å². The average Bonchev–Trinajstić information content (AvgIpc) is 3.38. The molecule has 1 aliphatic rings. The molecule has 0 N–H and O–H groups in total. The maximum atomic E-state index is 12.2. The summed E-state index contributed by atoms with van der Waals surface area (Å²) in [6.45, 7) is 2.42. The monoisotopic (exact) mass is 550 g/mol. The number of carbonyl (C=O) groups excluding carboxylic acids is 1. The summed E-state index contributed by atoms with van der Waals surface area (Å²) in [6.07, 6.45) is -0.422. The van der Waals surface area contributed by atoms with Gasteiger partial charge in [-0.3, -0.25) is 4.79 Å². The van der Waals surface area contributed by atoms with Crippen molar-refractivity contribution in [2.45, 2.75) is 43.7 Å². The Morgan fingerprint density at radius 1 is 0.850 bits per heavy atom. The van der Waals surface area contributed by atoms with Gasteiger partial charge in [0.05, 0.1) is 46.1 Å². The number of benzene rings is 3. The van der Waals surface area contributed by atoms with Gasteiger partial charge in [0.15, 0.2) is 0 Å². The molecule has 3 aromatic carbocycles. The van der Waals surface area contributed by atoms with Crippen LogP contribution >= 0.6 is 0 Å². The molecule has 1 aliphatic heterocycles. The van der Waals surface area contributed by atoms with Gasteiger partial charge in [-0.15, -0.1) is 0 Å². The highest BCUT2D eigenvalue weighted by molar-refractivity contribution is 5.70. The van der Waals surface area contributed by atoms with Gasteiger partial charge >= 0.3 is 5.97 Å². The van der Waals surface area contributed by atoms with Crippen LogP contribution in [-0.2, 0) is 34.1 Å². The summed E-state index contributed by atoms with van der Waals surface area (Å²) in [6, 6.07) is 25.8. The maximum Gasteiger partial charge on any atom is 0.308 e. The summed E-state index contributed by atoms with van der Waals surface area (Å²) in [4.78, 5) is 12.2. The molecule has 0 amide bonds. The largest absolute Gasteiger partial charge is 0.497 e. The molecule has 0 aliphatic carbocycles. The SMILES string of the molecule is CCOC(=O)C[C@H]1C[C@H](OCOC)[C@@H](COC(c2ccccc2)(c2ccc(OC)cc2)c2ccc(OC)cc2)O1. The van der Waals surface area contributed by atoms with E-state index in [1.165, 1.54) is 0 Å². The standard InChI is InChI=1S/C32H38O8/c1-5-37-31(33)20-28-19-29(38-22-34-2)30(40-28)21-39-32(23-9-7-6-8-10-23,24-11-15-26(35-3)16-12-24)25-13-17-27(36-4)18-14-25/h6-18,28-30H,5,19-22H2,1-4H3/t28-,29+,30-/m1/s1. The van der Waals surface area contributed by atoms with Crippen molar-refractivity contribution in [1.82, 2.24) is 0 Å². The van der Waals surface area contributed by atoms with Gasteiger partial charge in [0.1, 0.15) is 30.0 Å². The Morgan fingerprint density at radius 2 is 1.43 bits per heavy atom. The van der Waals surface area contributed by atoms with Gasteiger partial charge in [-0.25, -0.2) is 0 Å². The van der Waals surface area contributed by atoms with Crippen molar-refractivity contribution in [3.63, 3.8) is 0 Å². The minimum Gasteiger partial charge on any atom is -0.497 e. The Hall–Kier alpha value is -3.43. The minimum atomic E-state index is -0.992. The molecule has 0 unspecified atom stereocenters. The van der Waals surface area contributed by atoms with E-state index in [1.54, 1.807) is 28.3 Å². The van der Waals surface area contributed by atoms with Crippen LogP contribution < -0.4 is 9.47 Å². The average molecular weight is 551 g/mol. The van der Waals surface area contributed by atoms with Crippen LogP contribution in [0.3, 0.4) is 0 Å². The number of hydrogen-bond acceptors (Lipinski definition) is 8. The summed E-state index contributed by atoms with van der Waals surface area (Å²) in [5.41, 5.74) is 1.79. The quantitative estimate of drug-likeness (QED) is 0.156. The second kappa shape index (κ2) is 14.3. The third kappa shape index (κ3) is 6.82. The summed E-state index contributed by atoms with van der Waals surface area (Å²) >= 11 is 0. The second-order valence-corrected chi connectivity index (χ2v) is 9.47. The third-order valence-electron chi connectivity index (χ3n) is 7.01. The highest BCUT2D eigenvalue weighted by atomic mass is 16.7. The van der Waals surface area contributed by atoms with Crippen molar-refractivity contribution in [3.05, 3.63) is 95.6 Å². The van der Waals surface area contributed by atoms with Gasteiger partial charge in [-0.05, 0) is 47.9 Å². The predicted molar refractivity (Wildman–Crippen MR) is 150 cm³/mol. The summed E-state index contributed by atoms with van der Waals surface area (Å²) in [5, 5.41) is 0. The van der Waals surface area contributed by atoms with Crippen molar-refractivity contribution < 1.29 is 38.0 Å². The molecule has 1 heterocycles. The van der Waals surface area contributed by atoms with E-state index in [0.717, 1.165) is 28.2 Å². The van der Waals surface area contributed by atoms with E-state index in [4.69, 9.17) is 33.2 Å². The van der Waals surface area contributed by atoms with Crippen LogP contribution in [0.15, 0.2) is 78.9 Å². The molecule has 3 aromatic rings. The lowest BCUT2D eigenvalue weighted by molar-refractivity contribution is -0.148. The molecular weight excluding hydrogens is 512 g/mol. The molecule has 1 fully saturated rings. The molecule has 0 aromatic heterocycles. The van der Waals surface area contributed by atoms with E-state index in [9.17, 15) is 4.79 Å². The Bertz CT molecular complexity index is 1130. The molecule has 8 nitrogen and oxygen atoms in total. The van der Waals surface area contributed by atoms with Gasteiger partial charge in [0, 0.05) is 13.5 Å². The van der Waals surface area contributed by atoms with E-state index < -0.39 is 11.7 Å². The molecule has 3 atom stereocenters. The summed E-state index contributed by atoms with van der Waals surface area (Å²) in [7, 11) is 4.86. The lowest BCUT2D eigenvalue weighted by Crippen LogP contribution is -2.38. The van der Waals surface area contributed by atoms with E-state index in [2.05, 4.69) is 0 Å². The fourth-order valence-electron chi connectivity index (χ4n) is 5.10. The van der Waals surface area contributed by atoms with Crippen molar-refractivity contribution in [2.75, 3.05) is 41.3 Å². The fourth-order valence-corrected chi connectivity index (χ4v) is 5.10. The van der Waals surface area contributed by atoms with Crippen LogP contribution in [0.5, 0.6) is 11.5 Å². The lowest BCUT2D eigenvalue weighted by Gasteiger charge is -2.37. The molecule has 0 saturated carbocycles. The molecular formula is C32H38O8. The molecule has 0 spiro atoms. The van der Waals surface area contributed by atoms with E-state index in [-0.39, 0.29) is 38.0 Å². The Kier molecular flexibility index (Phi) is 10.5. The Labute approximate surface area is 236 Å². The number of rotatable bonds is 14. The first-order valence-electron chi connectivity index (χ1n) is 13.4. The first-order chi connectivity index (χ1) is 19.5. The zero-order chi connectivity index (χ0) is 28.4. The molecule has 1 saturated heterocycles. The first kappa shape index (κ1) is 29.6. The molecule has 4 rings (SSSR count). The Morgan fingerprint density at radius 3 is 1.95 bits per heavy atom. The van der Waals surface area contributed by atoms with Gasteiger partial charge in [-0.2, -0.15) is 0 Å². The van der Waals surface area contributed by atoms with Crippen LogP contribution in [0.1, 0.15) is 36.5 Å². The van der Waals surface area contributed by atoms with Crippen LogP contribution in [0.2, 0.25) is 0 Å². The minimum absolute atomic E-state index is 0.109. The van der Waals surface area contributed by atoms with Gasteiger partial charge < -0.3 is 33.2 Å². The normalized spacial score (nSPS) is 18.9. The summed E-state index contributed by atoms with van der Waals surface area (Å²) in [5.74, 6) is 1.19. The van der Waals surface area contributed by atoms with Gasteiger partial charge in [0.25, 0.3) is 0 Å². The lowest BCUT2D eigenvalue weighted by atomic mass is 9.80. The zero-order valence-corrected chi connectivity index (χ0v) is 23.5. The molecule has 0 bridgehead atoms. The number of hydrogen-bond donors (Lipinski definition) is 0. The van der Waals surface area contributed by atoms with Crippen LogP contribution in [-0.4, -0.2) is 65.6 Å². The van der Waals surface area contributed by atoms with E-state index >= 15 is 0 Å². The zero-order valence-electron chi connectivity index (χ0n) is 23.5. The van der Waals surface area contributed by atoms with Crippen molar-refractivity contribution >= 4 is 5.97 Å². The number of ether oxygens (including phenoxy) is 7. The van der Waals surface area contributed by atoms with Crippen molar-refractivity contribution in [3.8, 4) is 11.5 Å². The van der Waals surface area contributed by atoms with Crippen molar-refractivity contribution in [2.24, 2.45) is 0 Å². The summed E-state index contributed by atoms with van der Waals surface area (Å²) < 4.78 is 40.5. The number of carbonyl (C=O) groups is 1. The smallest absolute Gasteiger partial charge is 0.308 e. The highest BCUT2D eigenvalue weighted by Gasteiger charge is 2.42. The number of esters is 1. The molecule has 214 valence electrons. The van der Waals surface area contributed by atoms with Crippen LogP contribution in [0, 0.1) is 0 Å². The first-order valence-corrected chi connectivity index (χ1v) is 13.4. The molecule has 8 heteroatoms. The fraction of sp³-hybridized carbons (Fsp3) is 0.406. The van der Waals surface area contributed by atoms with E-state index in [0.29, 0.717) is 13.0 Å². The second-order valence-electron chi connectivity index (χ2n) is 9.47. The van der Waals surface area contributed by atoms with Gasteiger partial charge in [-0.1, -0.05) is 54.6 Å². The van der Waals surface area contributed by atoms with Crippen molar-refractivity contribution in [1.29, 1.82) is 0 Å². The molecule has 0 radical (unpaired) electrons. The topological polar surface area (TPSA) is 81.7 Å². The highest BCUT2D eigenvalue weighted by Crippen LogP contribution is 2.42. The number of methoxy groups -OCH3 is 3.